The molecule has 0 spiro atoms. The number of hydrogen-bond acceptors (Lipinski definition) is 1. The molecular formula is C14H27NO. The topological polar surface area (TPSA) is 20.3 Å². The minimum absolute atomic E-state index is 0.0854. The molecular weight excluding hydrogens is 198 g/mol. The van der Waals surface area contributed by atoms with Crippen molar-refractivity contribution in [2.75, 3.05) is 0 Å². The number of carbonyl (C=O) groups excluding carboxylic acids is 1. The maximum atomic E-state index is 12.6. The maximum Gasteiger partial charge on any atom is 0.226 e. The molecule has 0 radical (unpaired) electrons. The van der Waals surface area contributed by atoms with Gasteiger partial charge in [0.2, 0.25) is 5.91 Å². The Hall–Kier alpha value is -0.530. The Morgan fingerprint density at radius 3 is 1.62 bits per heavy atom. The predicted octanol–water partition coefficient (Wildman–Crippen LogP) is 3.60. The molecule has 0 bridgehead atoms. The quantitative estimate of drug-likeness (QED) is 0.667. The smallest absolute Gasteiger partial charge is 0.226 e. The highest BCUT2D eigenvalue weighted by Crippen LogP contribution is 2.33. The van der Waals surface area contributed by atoms with Crippen molar-refractivity contribution in [1.29, 1.82) is 0 Å². The van der Waals surface area contributed by atoms with Crippen LogP contribution in [0.25, 0.3) is 0 Å². The van der Waals surface area contributed by atoms with Crippen molar-refractivity contribution in [3.63, 3.8) is 0 Å². The van der Waals surface area contributed by atoms with Crippen LogP contribution in [0.2, 0.25) is 0 Å². The van der Waals surface area contributed by atoms with Crippen LogP contribution in [-0.2, 0) is 4.79 Å². The first-order chi connectivity index (χ1) is 7.14. The van der Waals surface area contributed by atoms with E-state index in [4.69, 9.17) is 0 Å². The van der Waals surface area contributed by atoms with E-state index in [2.05, 4.69) is 46.4 Å². The van der Waals surface area contributed by atoms with Gasteiger partial charge in [-0.25, -0.2) is 0 Å². The molecule has 0 aromatic rings. The lowest BCUT2D eigenvalue weighted by atomic mass is 9.92. The van der Waals surface area contributed by atoms with Crippen LogP contribution in [0, 0.1) is 5.92 Å². The van der Waals surface area contributed by atoms with Crippen LogP contribution in [0.5, 0.6) is 0 Å². The summed E-state index contributed by atoms with van der Waals surface area (Å²) >= 11 is 0. The summed E-state index contributed by atoms with van der Waals surface area (Å²) in [7, 11) is 0. The van der Waals surface area contributed by atoms with Crippen molar-refractivity contribution >= 4 is 5.91 Å². The summed E-state index contributed by atoms with van der Waals surface area (Å²) in [4.78, 5) is 14.6. The molecule has 2 nitrogen and oxygen atoms in total. The van der Waals surface area contributed by atoms with Gasteiger partial charge in [-0.1, -0.05) is 12.8 Å². The average molecular weight is 225 g/mol. The minimum Gasteiger partial charge on any atom is -0.333 e. The third-order valence-corrected chi connectivity index (χ3v) is 3.27. The van der Waals surface area contributed by atoms with Crippen LogP contribution in [-0.4, -0.2) is 21.9 Å². The first kappa shape index (κ1) is 13.5. The summed E-state index contributed by atoms with van der Waals surface area (Å²) in [5, 5.41) is 0. The van der Waals surface area contributed by atoms with E-state index in [-0.39, 0.29) is 17.0 Å². The summed E-state index contributed by atoms with van der Waals surface area (Å²) in [5.41, 5.74) is -0.171. The summed E-state index contributed by atoms with van der Waals surface area (Å²) in [5.74, 6) is 0.635. The van der Waals surface area contributed by atoms with E-state index < -0.39 is 0 Å². The molecule has 0 aromatic carbocycles. The van der Waals surface area contributed by atoms with Crippen molar-refractivity contribution in [3.05, 3.63) is 0 Å². The average Bonchev–Trinajstić information content (AvgIpc) is 2.48. The third kappa shape index (κ3) is 2.99. The molecule has 0 unspecified atom stereocenters. The second-order valence-electron chi connectivity index (χ2n) is 7.00. The lowest BCUT2D eigenvalue weighted by Gasteiger charge is -2.46. The van der Waals surface area contributed by atoms with E-state index in [0.717, 1.165) is 12.8 Å². The van der Waals surface area contributed by atoms with E-state index in [9.17, 15) is 4.79 Å². The Bertz CT molecular complexity index is 237. The molecule has 1 fully saturated rings. The van der Waals surface area contributed by atoms with E-state index in [1.165, 1.54) is 12.8 Å². The first-order valence-corrected chi connectivity index (χ1v) is 6.48. The largest absolute Gasteiger partial charge is 0.333 e. The second kappa shape index (κ2) is 4.38. The number of hydrogen-bond donors (Lipinski definition) is 0. The number of rotatable bonds is 1. The van der Waals surface area contributed by atoms with Gasteiger partial charge in [0, 0.05) is 17.0 Å². The van der Waals surface area contributed by atoms with Gasteiger partial charge in [0.05, 0.1) is 0 Å². The van der Waals surface area contributed by atoms with Gasteiger partial charge in [-0.3, -0.25) is 4.79 Å². The van der Waals surface area contributed by atoms with Crippen molar-refractivity contribution in [1.82, 2.24) is 4.90 Å². The van der Waals surface area contributed by atoms with Gasteiger partial charge >= 0.3 is 0 Å². The van der Waals surface area contributed by atoms with E-state index in [1.54, 1.807) is 0 Å². The van der Waals surface area contributed by atoms with Crippen LogP contribution in [0.1, 0.15) is 67.2 Å². The van der Waals surface area contributed by atoms with Crippen LogP contribution >= 0.6 is 0 Å². The fourth-order valence-corrected chi connectivity index (χ4v) is 3.02. The summed E-state index contributed by atoms with van der Waals surface area (Å²) in [6.45, 7) is 12.8. The Morgan fingerprint density at radius 1 is 0.938 bits per heavy atom. The van der Waals surface area contributed by atoms with E-state index >= 15 is 0 Å². The summed E-state index contributed by atoms with van der Waals surface area (Å²) < 4.78 is 0. The fourth-order valence-electron chi connectivity index (χ4n) is 3.02. The lowest BCUT2D eigenvalue weighted by Crippen LogP contribution is -2.57. The Kier molecular flexibility index (Phi) is 3.71. The third-order valence-electron chi connectivity index (χ3n) is 3.27. The van der Waals surface area contributed by atoms with Gasteiger partial charge < -0.3 is 4.90 Å². The van der Waals surface area contributed by atoms with Gasteiger partial charge in [0.15, 0.2) is 0 Å². The highest BCUT2D eigenvalue weighted by molar-refractivity contribution is 5.80. The number of amides is 1. The van der Waals surface area contributed by atoms with Crippen LogP contribution in [0.15, 0.2) is 0 Å². The van der Waals surface area contributed by atoms with E-state index in [0.29, 0.717) is 5.91 Å². The first-order valence-electron chi connectivity index (χ1n) is 6.48. The molecule has 0 heterocycles. The predicted molar refractivity (Wildman–Crippen MR) is 68.3 cm³/mol. The molecule has 1 aliphatic carbocycles. The normalized spacial score (nSPS) is 18.9. The number of nitrogens with zero attached hydrogens (tertiary/aromatic N) is 1. The molecule has 0 N–H and O–H groups in total. The van der Waals surface area contributed by atoms with Gasteiger partial charge in [0.25, 0.3) is 0 Å². The highest BCUT2D eigenvalue weighted by atomic mass is 16.2. The van der Waals surface area contributed by atoms with Crippen LogP contribution < -0.4 is 0 Å². The molecule has 0 atom stereocenters. The molecule has 0 aliphatic heterocycles. The molecule has 2 heteroatoms. The zero-order valence-corrected chi connectivity index (χ0v) is 11.8. The summed E-state index contributed by atoms with van der Waals surface area (Å²) in [6, 6.07) is 0. The Balaban J connectivity index is 2.89. The molecule has 0 saturated heterocycles. The molecule has 1 amide bonds. The van der Waals surface area contributed by atoms with Gasteiger partial charge in [-0.2, -0.15) is 0 Å². The second-order valence-corrected chi connectivity index (χ2v) is 7.00. The fraction of sp³-hybridized carbons (Fsp3) is 0.929. The molecule has 94 valence electrons. The van der Waals surface area contributed by atoms with Crippen molar-refractivity contribution in [3.8, 4) is 0 Å². The molecule has 1 rings (SSSR count). The van der Waals surface area contributed by atoms with Crippen molar-refractivity contribution in [2.45, 2.75) is 78.3 Å². The standard InChI is InChI=1S/C14H27NO/c1-13(2,3)15(14(4,5)6)12(16)11-9-7-8-10-11/h11H,7-10H2,1-6H3. The Labute approximate surface area is 100 Å². The molecule has 1 aliphatic rings. The molecule has 0 aromatic heterocycles. The van der Waals surface area contributed by atoms with E-state index in [1.807, 2.05) is 0 Å². The summed E-state index contributed by atoms with van der Waals surface area (Å²) in [6.07, 6.45) is 4.61. The SMILES string of the molecule is CC(C)(C)N(C(=O)C1CCCC1)C(C)(C)C. The van der Waals surface area contributed by atoms with Crippen molar-refractivity contribution < 1.29 is 4.79 Å². The minimum atomic E-state index is -0.0854. The highest BCUT2D eigenvalue weighted by Gasteiger charge is 2.39. The zero-order chi connectivity index (χ0) is 12.6. The lowest BCUT2D eigenvalue weighted by molar-refractivity contribution is -0.147. The maximum absolute atomic E-state index is 12.6. The van der Waals surface area contributed by atoms with Gasteiger partial charge in [-0.05, 0) is 54.4 Å². The zero-order valence-electron chi connectivity index (χ0n) is 11.8. The van der Waals surface area contributed by atoms with Crippen molar-refractivity contribution in [2.24, 2.45) is 5.92 Å². The van der Waals surface area contributed by atoms with Gasteiger partial charge in [-0.15, -0.1) is 0 Å². The van der Waals surface area contributed by atoms with Gasteiger partial charge in [0.1, 0.15) is 0 Å². The molecule has 1 saturated carbocycles. The number of carbonyl (C=O) groups is 1. The molecule has 16 heavy (non-hydrogen) atoms. The Morgan fingerprint density at radius 2 is 1.31 bits per heavy atom. The monoisotopic (exact) mass is 225 g/mol. The van der Waals surface area contributed by atoms with Crippen LogP contribution in [0.3, 0.4) is 0 Å². The van der Waals surface area contributed by atoms with Crippen LogP contribution in [0.4, 0.5) is 0 Å².